The van der Waals surface area contributed by atoms with E-state index in [-0.39, 0.29) is 5.78 Å². The predicted molar refractivity (Wildman–Crippen MR) is 55.0 cm³/mol. The van der Waals surface area contributed by atoms with Gasteiger partial charge in [0.05, 0.1) is 6.33 Å². The van der Waals surface area contributed by atoms with E-state index in [0.29, 0.717) is 31.6 Å². The monoisotopic (exact) mass is 193 g/mol. The molecule has 0 aliphatic heterocycles. The molecule has 0 unspecified atom stereocenters. The summed E-state index contributed by atoms with van der Waals surface area (Å²) in [6, 6.07) is 0. The quantitative estimate of drug-likeness (QED) is 0.541. The molecule has 0 radical (unpaired) electrons. The molecule has 4 nitrogen and oxygen atoms in total. The largest absolute Gasteiger partial charge is 0.335 e. The van der Waals surface area contributed by atoms with E-state index in [0.717, 1.165) is 0 Å². The van der Waals surface area contributed by atoms with Crippen LogP contribution < -0.4 is 5.73 Å². The van der Waals surface area contributed by atoms with Gasteiger partial charge in [-0.1, -0.05) is 6.08 Å². The van der Waals surface area contributed by atoms with Crippen LogP contribution in [0.15, 0.2) is 25.2 Å². The van der Waals surface area contributed by atoms with Gasteiger partial charge in [0.1, 0.15) is 5.69 Å². The van der Waals surface area contributed by atoms with Crippen molar-refractivity contribution in [1.29, 1.82) is 0 Å². The number of imidazole rings is 1. The summed E-state index contributed by atoms with van der Waals surface area (Å²) in [5, 5.41) is 0. The summed E-state index contributed by atoms with van der Waals surface area (Å²) in [7, 11) is 0. The number of hydrogen-bond donors (Lipinski definition) is 1. The lowest BCUT2D eigenvalue weighted by molar-refractivity contribution is 0.0979. The minimum atomic E-state index is 0.0562. The van der Waals surface area contributed by atoms with Gasteiger partial charge in [-0.3, -0.25) is 4.79 Å². The van der Waals surface area contributed by atoms with Crippen molar-refractivity contribution in [2.24, 2.45) is 5.73 Å². The van der Waals surface area contributed by atoms with Gasteiger partial charge in [0.15, 0.2) is 5.78 Å². The van der Waals surface area contributed by atoms with Gasteiger partial charge in [-0.05, 0) is 6.42 Å². The number of allylic oxidation sites excluding steroid dienone is 1. The second-order valence-electron chi connectivity index (χ2n) is 3.04. The molecule has 0 atom stereocenters. The van der Waals surface area contributed by atoms with Crippen LogP contribution in [0.1, 0.15) is 23.3 Å². The zero-order chi connectivity index (χ0) is 10.4. The number of aromatic nitrogens is 2. The third kappa shape index (κ3) is 2.81. The first-order valence-electron chi connectivity index (χ1n) is 4.64. The van der Waals surface area contributed by atoms with Crippen LogP contribution in [0.3, 0.4) is 0 Å². The molecule has 0 saturated heterocycles. The van der Waals surface area contributed by atoms with E-state index < -0.39 is 0 Å². The van der Waals surface area contributed by atoms with Gasteiger partial charge in [-0.25, -0.2) is 4.98 Å². The molecule has 0 amide bonds. The highest BCUT2D eigenvalue weighted by molar-refractivity contribution is 5.94. The molecule has 0 saturated carbocycles. The molecule has 1 rings (SSSR count). The first kappa shape index (κ1) is 10.7. The maximum atomic E-state index is 11.5. The summed E-state index contributed by atoms with van der Waals surface area (Å²) in [6.07, 6.45) is 6.27. The first-order valence-corrected chi connectivity index (χ1v) is 4.64. The number of ketones is 1. The topological polar surface area (TPSA) is 60.9 Å². The number of rotatable bonds is 6. The van der Waals surface area contributed by atoms with E-state index in [1.54, 1.807) is 18.6 Å². The zero-order valence-electron chi connectivity index (χ0n) is 8.15. The van der Waals surface area contributed by atoms with E-state index >= 15 is 0 Å². The summed E-state index contributed by atoms with van der Waals surface area (Å²) in [4.78, 5) is 15.5. The number of Topliss-reactive ketones (excluding diaryl/α,β-unsaturated/α-hetero) is 1. The van der Waals surface area contributed by atoms with Crippen molar-refractivity contribution in [3.63, 3.8) is 0 Å². The van der Waals surface area contributed by atoms with Crippen molar-refractivity contribution < 1.29 is 4.79 Å². The summed E-state index contributed by atoms with van der Waals surface area (Å²) < 4.78 is 1.82. The third-order valence-corrected chi connectivity index (χ3v) is 1.88. The average Bonchev–Trinajstić information content (AvgIpc) is 2.63. The molecule has 0 fully saturated rings. The fraction of sp³-hybridized carbons (Fsp3) is 0.400. The Morgan fingerprint density at radius 1 is 1.71 bits per heavy atom. The lowest BCUT2D eigenvalue weighted by Gasteiger charge is -1.95. The predicted octanol–water partition coefficient (Wildman–Crippen LogP) is 0.991. The molecule has 0 aromatic carbocycles. The second kappa shape index (κ2) is 5.34. The maximum absolute atomic E-state index is 11.5. The minimum Gasteiger partial charge on any atom is -0.335 e. The van der Waals surface area contributed by atoms with Crippen LogP contribution in [0.2, 0.25) is 0 Å². The lowest BCUT2D eigenvalue weighted by atomic mass is 10.2. The second-order valence-corrected chi connectivity index (χ2v) is 3.04. The molecule has 4 heteroatoms. The summed E-state index contributed by atoms with van der Waals surface area (Å²) in [5.41, 5.74) is 5.89. The van der Waals surface area contributed by atoms with Crippen molar-refractivity contribution in [1.82, 2.24) is 9.55 Å². The lowest BCUT2D eigenvalue weighted by Crippen LogP contribution is -2.08. The number of carbonyl (C=O) groups excluding carboxylic acids is 1. The molecule has 2 N–H and O–H groups in total. The van der Waals surface area contributed by atoms with Gasteiger partial charge in [0.2, 0.25) is 0 Å². The van der Waals surface area contributed by atoms with Gasteiger partial charge < -0.3 is 10.3 Å². The summed E-state index contributed by atoms with van der Waals surface area (Å²) >= 11 is 0. The van der Waals surface area contributed by atoms with Gasteiger partial charge in [-0.15, -0.1) is 6.58 Å². The van der Waals surface area contributed by atoms with Crippen LogP contribution in [0.4, 0.5) is 0 Å². The van der Waals surface area contributed by atoms with Crippen LogP contribution in [0, 0.1) is 0 Å². The molecule has 76 valence electrons. The van der Waals surface area contributed by atoms with E-state index in [1.165, 1.54) is 0 Å². The van der Waals surface area contributed by atoms with Crippen molar-refractivity contribution >= 4 is 5.78 Å². The van der Waals surface area contributed by atoms with Crippen molar-refractivity contribution in [2.45, 2.75) is 19.4 Å². The average molecular weight is 193 g/mol. The van der Waals surface area contributed by atoms with Gasteiger partial charge in [0.25, 0.3) is 0 Å². The van der Waals surface area contributed by atoms with Crippen molar-refractivity contribution in [3.8, 4) is 0 Å². The fourth-order valence-electron chi connectivity index (χ4n) is 1.14. The fourth-order valence-corrected chi connectivity index (χ4v) is 1.14. The molecule has 0 aliphatic rings. The molecule has 14 heavy (non-hydrogen) atoms. The van der Waals surface area contributed by atoms with Gasteiger partial charge >= 0.3 is 0 Å². The van der Waals surface area contributed by atoms with Crippen molar-refractivity contribution in [2.75, 3.05) is 6.54 Å². The molecular weight excluding hydrogens is 178 g/mol. The van der Waals surface area contributed by atoms with E-state index in [1.807, 2.05) is 4.57 Å². The molecule has 0 aliphatic carbocycles. The Morgan fingerprint density at radius 2 is 2.50 bits per heavy atom. The Balaban J connectivity index is 2.57. The first-order chi connectivity index (χ1) is 6.77. The molecule has 1 aromatic rings. The van der Waals surface area contributed by atoms with Crippen LogP contribution in [-0.2, 0) is 6.54 Å². The highest BCUT2D eigenvalue weighted by atomic mass is 16.1. The smallest absolute Gasteiger partial charge is 0.183 e. The molecule has 1 heterocycles. The Labute approximate surface area is 83.4 Å². The standard InChI is InChI=1S/C10H15N3O/c1-2-3-4-10(14)9-7-13(6-5-11)8-12-9/h2,7-8H,1,3-6,11H2. The van der Waals surface area contributed by atoms with E-state index in [4.69, 9.17) is 5.73 Å². The Bertz CT molecular complexity index is 317. The maximum Gasteiger partial charge on any atom is 0.183 e. The van der Waals surface area contributed by atoms with Crippen LogP contribution >= 0.6 is 0 Å². The summed E-state index contributed by atoms with van der Waals surface area (Å²) in [6.45, 7) is 4.81. The zero-order valence-corrected chi connectivity index (χ0v) is 8.15. The van der Waals surface area contributed by atoms with Crippen LogP contribution in [-0.4, -0.2) is 21.9 Å². The molecular formula is C10H15N3O. The number of nitrogens with two attached hydrogens (primary N) is 1. The molecule has 1 aromatic heterocycles. The van der Waals surface area contributed by atoms with E-state index in [9.17, 15) is 4.79 Å². The Morgan fingerprint density at radius 3 is 3.14 bits per heavy atom. The van der Waals surface area contributed by atoms with E-state index in [2.05, 4.69) is 11.6 Å². The molecule has 0 bridgehead atoms. The highest BCUT2D eigenvalue weighted by Crippen LogP contribution is 2.03. The Kier molecular flexibility index (Phi) is 4.07. The van der Waals surface area contributed by atoms with Crippen LogP contribution in [0.5, 0.6) is 0 Å². The van der Waals surface area contributed by atoms with Crippen molar-refractivity contribution in [3.05, 3.63) is 30.9 Å². The number of nitrogens with zero attached hydrogens (tertiary/aromatic N) is 2. The third-order valence-electron chi connectivity index (χ3n) is 1.88. The number of carbonyl (C=O) groups is 1. The summed E-state index contributed by atoms with van der Waals surface area (Å²) in [5.74, 6) is 0.0562. The SMILES string of the molecule is C=CCCC(=O)c1cn(CCN)cn1. The van der Waals surface area contributed by atoms with Gasteiger partial charge in [0, 0.05) is 25.7 Å². The minimum absolute atomic E-state index is 0.0562. The number of hydrogen-bond acceptors (Lipinski definition) is 3. The highest BCUT2D eigenvalue weighted by Gasteiger charge is 2.07. The normalized spacial score (nSPS) is 10.1. The molecule has 0 spiro atoms. The van der Waals surface area contributed by atoms with Gasteiger partial charge in [-0.2, -0.15) is 0 Å². The van der Waals surface area contributed by atoms with Crippen LogP contribution in [0.25, 0.3) is 0 Å². The Hall–Kier alpha value is -1.42.